The standard InChI is InChI=1S/C11H16N4O4/c1-13-7-9(15(17)18)10(12-13)14-5-3-4-8(6-14)11(16)19-2/h7-8H,3-6H2,1-2H3. The Balaban J connectivity index is 2.22. The van der Waals surface area contributed by atoms with Gasteiger partial charge in [0.1, 0.15) is 6.20 Å². The summed E-state index contributed by atoms with van der Waals surface area (Å²) < 4.78 is 6.14. The van der Waals surface area contributed by atoms with Crippen molar-refractivity contribution in [1.82, 2.24) is 9.78 Å². The molecule has 0 amide bonds. The van der Waals surface area contributed by atoms with Gasteiger partial charge in [-0.15, -0.1) is 5.10 Å². The molecule has 19 heavy (non-hydrogen) atoms. The number of hydrogen-bond donors (Lipinski definition) is 0. The minimum absolute atomic E-state index is 0.0342. The molecular formula is C11H16N4O4. The quantitative estimate of drug-likeness (QED) is 0.455. The number of hydrogen-bond acceptors (Lipinski definition) is 6. The van der Waals surface area contributed by atoms with Gasteiger partial charge in [-0.05, 0) is 12.8 Å². The lowest BCUT2D eigenvalue weighted by molar-refractivity contribution is -0.384. The Morgan fingerprint density at radius 2 is 2.37 bits per heavy atom. The molecule has 1 aromatic rings. The number of ether oxygens (including phenoxy) is 1. The van der Waals surface area contributed by atoms with E-state index in [-0.39, 0.29) is 17.6 Å². The van der Waals surface area contributed by atoms with Crippen molar-refractivity contribution in [1.29, 1.82) is 0 Å². The lowest BCUT2D eigenvalue weighted by Gasteiger charge is -2.30. The van der Waals surface area contributed by atoms with E-state index in [2.05, 4.69) is 5.10 Å². The summed E-state index contributed by atoms with van der Waals surface area (Å²) in [5, 5.41) is 15.1. The Kier molecular flexibility index (Phi) is 3.68. The van der Waals surface area contributed by atoms with Crippen LogP contribution in [-0.2, 0) is 16.6 Å². The third kappa shape index (κ3) is 2.67. The molecule has 104 valence electrons. The van der Waals surface area contributed by atoms with E-state index in [9.17, 15) is 14.9 Å². The highest BCUT2D eigenvalue weighted by Crippen LogP contribution is 2.30. The zero-order chi connectivity index (χ0) is 14.0. The molecule has 0 N–H and O–H groups in total. The van der Waals surface area contributed by atoms with E-state index < -0.39 is 4.92 Å². The van der Waals surface area contributed by atoms with Crippen molar-refractivity contribution in [3.05, 3.63) is 16.3 Å². The number of aryl methyl sites for hydroxylation is 1. The molecule has 0 bridgehead atoms. The number of rotatable bonds is 3. The zero-order valence-corrected chi connectivity index (χ0v) is 10.9. The second-order valence-electron chi connectivity index (χ2n) is 4.58. The summed E-state index contributed by atoms with van der Waals surface area (Å²) in [7, 11) is 2.99. The van der Waals surface area contributed by atoms with E-state index in [1.807, 2.05) is 0 Å². The Morgan fingerprint density at radius 1 is 1.63 bits per heavy atom. The molecule has 0 aromatic carbocycles. The summed E-state index contributed by atoms with van der Waals surface area (Å²) in [6.45, 7) is 1.07. The highest BCUT2D eigenvalue weighted by Gasteiger charge is 2.31. The smallest absolute Gasteiger partial charge is 0.330 e. The fourth-order valence-corrected chi connectivity index (χ4v) is 2.35. The number of nitrogens with zero attached hydrogens (tertiary/aromatic N) is 4. The first-order valence-corrected chi connectivity index (χ1v) is 6.03. The van der Waals surface area contributed by atoms with Crippen LogP contribution in [0.3, 0.4) is 0 Å². The first kappa shape index (κ1) is 13.3. The van der Waals surface area contributed by atoms with Gasteiger partial charge in [0.15, 0.2) is 0 Å². The molecule has 0 aliphatic carbocycles. The summed E-state index contributed by atoms with van der Waals surface area (Å²) in [5.74, 6) is -0.204. The first-order valence-electron chi connectivity index (χ1n) is 6.03. The maximum absolute atomic E-state index is 11.6. The minimum Gasteiger partial charge on any atom is -0.469 e. The van der Waals surface area contributed by atoms with E-state index >= 15 is 0 Å². The monoisotopic (exact) mass is 268 g/mol. The van der Waals surface area contributed by atoms with Crippen LogP contribution in [0.5, 0.6) is 0 Å². The first-order chi connectivity index (χ1) is 9.02. The van der Waals surface area contributed by atoms with Crippen molar-refractivity contribution in [3.8, 4) is 0 Å². The van der Waals surface area contributed by atoms with E-state index in [1.165, 1.54) is 18.0 Å². The van der Waals surface area contributed by atoms with Crippen LogP contribution in [0.15, 0.2) is 6.20 Å². The van der Waals surface area contributed by atoms with E-state index in [0.717, 1.165) is 12.8 Å². The topological polar surface area (TPSA) is 90.5 Å². The molecule has 0 radical (unpaired) electrons. The van der Waals surface area contributed by atoms with Crippen LogP contribution in [-0.4, -0.2) is 40.9 Å². The number of anilines is 1. The van der Waals surface area contributed by atoms with Crippen molar-refractivity contribution in [2.75, 3.05) is 25.1 Å². The number of esters is 1. The summed E-state index contributed by atoms with van der Waals surface area (Å²) >= 11 is 0. The van der Waals surface area contributed by atoms with Gasteiger partial charge in [-0.3, -0.25) is 19.6 Å². The van der Waals surface area contributed by atoms with Gasteiger partial charge in [0.25, 0.3) is 0 Å². The minimum atomic E-state index is -0.454. The maximum Gasteiger partial charge on any atom is 0.330 e. The lowest BCUT2D eigenvalue weighted by Crippen LogP contribution is -2.39. The third-order valence-corrected chi connectivity index (χ3v) is 3.24. The van der Waals surface area contributed by atoms with Crippen molar-refractivity contribution < 1.29 is 14.5 Å². The molecular weight excluding hydrogens is 252 g/mol. The van der Waals surface area contributed by atoms with Crippen LogP contribution in [0, 0.1) is 16.0 Å². The highest BCUT2D eigenvalue weighted by molar-refractivity contribution is 5.73. The second kappa shape index (κ2) is 5.25. The Morgan fingerprint density at radius 3 is 3.00 bits per heavy atom. The molecule has 1 unspecified atom stereocenters. The van der Waals surface area contributed by atoms with Crippen LogP contribution in [0.25, 0.3) is 0 Å². The number of aromatic nitrogens is 2. The van der Waals surface area contributed by atoms with Crippen LogP contribution in [0.4, 0.5) is 11.5 Å². The lowest BCUT2D eigenvalue weighted by atomic mass is 9.98. The normalized spacial score (nSPS) is 19.3. The van der Waals surface area contributed by atoms with Crippen molar-refractivity contribution in [2.45, 2.75) is 12.8 Å². The number of carbonyl (C=O) groups excluding carboxylic acids is 1. The van der Waals surface area contributed by atoms with E-state index in [0.29, 0.717) is 18.9 Å². The average Bonchev–Trinajstić information content (AvgIpc) is 2.80. The number of methoxy groups -OCH3 is 1. The SMILES string of the molecule is COC(=O)C1CCCN(c2nn(C)cc2[N+](=O)[O-])C1. The molecule has 1 saturated heterocycles. The summed E-state index contributed by atoms with van der Waals surface area (Å²) in [6, 6.07) is 0. The molecule has 1 fully saturated rings. The predicted molar refractivity (Wildman–Crippen MR) is 66.8 cm³/mol. The number of carbonyl (C=O) groups is 1. The molecule has 2 heterocycles. The van der Waals surface area contributed by atoms with Gasteiger partial charge < -0.3 is 9.64 Å². The molecule has 2 rings (SSSR count). The number of piperidine rings is 1. The molecule has 8 nitrogen and oxygen atoms in total. The summed E-state index contributed by atoms with van der Waals surface area (Å²) in [6.07, 6.45) is 2.90. The molecule has 1 aliphatic rings. The van der Waals surface area contributed by atoms with Crippen LogP contribution >= 0.6 is 0 Å². The van der Waals surface area contributed by atoms with Gasteiger partial charge in [-0.2, -0.15) is 0 Å². The summed E-state index contributed by atoms with van der Waals surface area (Å²) in [4.78, 5) is 23.9. The van der Waals surface area contributed by atoms with Crippen LogP contribution in [0.1, 0.15) is 12.8 Å². The fraction of sp³-hybridized carbons (Fsp3) is 0.636. The van der Waals surface area contributed by atoms with Crippen molar-refractivity contribution in [2.24, 2.45) is 13.0 Å². The Bertz CT molecular complexity index is 499. The van der Waals surface area contributed by atoms with Crippen LogP contribution in [0.2, 0.25) is 0 Å². The third-order valence-electron chi connectivity index (χ3n) is 3.24. The molecule has 1 atom stereocenters. The van der Waals surface area contributed by atoms with Gasteiger partial charge >= 0.3 is 11.7 Å². The van der Waals surface area contributed by atoms with Gasteiger partial charge in [0.05, 0.1) is 18.0 Å². The molecule has 1 aliphatic heterocycles. The van der Waals surface area contributed by atoms with Gasteiger partial charge in [0.2, 0.25) is 5.82 Å². The Labute approximate surface area is 110 Å². The van der Waals surface area contributed by atoms with Crippen molar-refractivity contribution >= 4 is 17.5 Å². The van der Waals surface area contributed by atoms with Crippen LogP contribution < -0.4 is 4.90 Å². The van der Waals surface area contributed by atoms with E-state index in [4.69, 9.17) is 4.74 Å². The largest absolute Gasteiger partial charge is 0.469 e. The van der Waals surface area contributed by atoms with Crippen molar-refractivity contribution in [3.63, 3.8) is 0 Å². The fourth-order valence-electron chi connectivity index (χ4n) is 2.35. The molecule has 1 aromatic heterocycles. The zero-order valence-electron chi connectivity index (χ0n) is 10.9. The van der Waals surface area contributed by atoms with E-state index in [1.54, 1.807) is 11.9 Å². The predicted octanol–water partition coefficient (Wildman–Crippen LogP) is 0.718. The highest BCUT2D eigenvalue weighted by atomic mass is 16.6. The molecule has 8 heteroatoms. The molecule has 0 saturated carbocycles. The average molecular weight is 268 g/mol. The number of nitro groups is 1. The second-order valence-corrected chi connectivity index (χ2v) is 4.58. The maximum atomic E-state index is 11.6. The van der Waals surface area contributed by atoms with Gasteiger partial charge in [-0.25, -0.2) is 0 Å². The van der Waals surface area contributed by atoms with Gasteiger partial charge in [0, 0.05) is 20.1 Å². The Hall–Kier alpha value is -2.12. The summed E-state index contributed by atoms with van der Waals surface area (Å²) in [5.41, 5.74) is -0.0342. The van der Waals surface area contributed by atoms with Gasteiger partial charge in [-0.1, -0.05) is 0 Å². The molecule has 0 spiro atoms.